The fourth-order valence-electron chi connectivity index (χ4n) is 5.28. The SMILES string of the molecule is Cc1ccc(C2C=CC=C2)c(C)c1[P+](C)(C)c1c(C)ccc(-n2cccc2)c1C. The van der Waals surface area contributed by atoms with Gasteiger partial charge in [-0.3, -0.25) is 0 Å². The van der Waals surface area contributed by atoms with E-state index in [9.17, 15) is 0 Å². The van der Waals surface area contributed by atoms with Crippen molar-refractivity contribution in [3.05, 3.63) is 101 Å². The molecule has 0 N–H and O–H groups in total. The Bertz CT molecular complexity index is 1100. The van der Waals surface area contributed by atoms with E-state index < -0.39 is 7.26 Å². The summed E-state index contributed by atoms with van der Waals surface area (Å²) in [5.74, 6) is 0.405. The number of aryl methyl sites for hydroxylation is 2. The fraction of sp³-hybridized carbons (Fsp3) is 0.259. The van der Waals surface area contributed by atoms with Crippen LogP contribution in [0.3, 0.4) is 0 Å². The Morgan fingerprint density at radius 3 is 1.90 bits per heavy atom. The van der Waals surface area contributed by atoms with Crippen molar-refractivity contribution in [1.82, 2.24) is 4.57 Å². The molecule has 0 bridgehead atoms. The van der Waals surface area contributed by atoms with Crippen LogP contribution in [-0.4, -0.2) is 17.9 Å². The second-order valence-electron chi connectivity index (χ2n) is 8.66. The van der Waals surface area contributed by atoms with Crippen LogP contribution in [0, 0.1) is 27.7 Å². The molecule has 1 aliphatic rings. The normalized spacial score (nSPS) is 14.1. The van der Waals surface area contributed by atoms with Gasteiger partial charge in [0, 0.05) is 23.9 Å². The van der Waals surface area contributed by atoms with E-state index in [0.717, 1.165) is 0 Å². The largest absolute Gasteiger partial charge is 0.323 e. The van der Waals surface area contributed by atoms with Crippen LogP contribution in [0.15, 0.2) is 73.1 Å². The predicted octanol–water partition coefficient (Wildman–Crippen LogP) is 6.15. The lowest BCUT2D eigenvalue weighted by molar-refractivity contribution is 1.06. The Balaban J connectivity index is 1.93. The van der Waals surface area contributed by atoms with Crippen molar-refractivity contribution in [2.24, 2.45) is 0 Å². The number of rotatable bonds is 4. The monoisotopic (exact) mass is 400 g/mol. The summed E-state index contributed by atoms with van der Waals surface area (Å²) < 4.78 is 2.24. The first kappa shape index (κ1) is 19.9. The minimum Gasteiger partial charge on any atom is -0.323 e. The zero-order valence-electron chi connectivity index (χ0n) is 18.4. The molecule has 0 saturated carbocycles. The summed E-state index contributed by atoms with van der Waals surface area (Å²) in [7, 11) is -1.56. The third kappa shape index (κ3) is 3.32. The average Bonchev–Trinajstić information content (AvgIpc) is 3.35. The van der Waals surface area contributed by atoms with Gasteiger partial charge in [-0.2, -0.15) is 0 Å². The van der Waals surface area contributed by atoms with Crippen LogP contribution in [0.25, 0.3) is 5.69 Å². The van der Waals surface area contributed by atoms with Crippen LogP contribution in [0.4, 0.5) is 0 Å². The summed E-state index contributed by atoms with van der Waals surface area (Å²) in [6.45, 7) is 14.2. The molecular formula is C27H31NP+. The molecule has 1 aromatic heterocycles. The molecule has 0 fully saturated rings. The molecule has 0 radical (unpaired) electrons. The first-order valence-electron chi connectivity index (χ1n) is 10.4. The molecule has 2 aromatic carbocycles. The summed E-state index contributed by atoms with van der Waals surface area (Å²) in [6, 6.07) is 13.4. The molecule has 2 heteroatoms. The Labute approximate surface area is 176 Å². The predicted molar refractivity (Wildman–Crippen MR) is 130 cm³/mol. The van der Waals surface area contributed by atoms with E-state index >= 15 is 0 Å². The summed E-state index contributed by atoms with van der Waals surface area (Å²) >= 11 is 0. The lowest BCUT2D eigenvalue weighted by Crippen LogP contribution is -2.30. The number of aromatic nitrogens is 1. The molecule has 1 heterocycles. The average molecular weight is 401 g/mol. The zero-order chi connectivity index (χ0) is 20.8. The van der Waals surface area contributed by atoms with Crippen LogP contribution < -0.4 is 10.6 Å². The third-order valence-corrected chi connectivity index (χ3v) is 10.00. The minimum absolute atomic E-state index is 0.405. The number of hydrogen-bond donors (Lipinski definition) is 0. The van der Waals surface area contributed by atoms with E-state index in [4.69, 9.17) is 0 Å². The van der Waals surface area contributed by atoms with Crippen molar-refractivity contribution >= 4 is 17.9 Å². The summed E-state index contributed by atoms with van der Waals surface area (Å²) in [6.07, 6.45) is 13.2. The van der Waals surface area contributed by atoms with Gasteiger partial charge in [-0.15, -0.1) is 0 Å². The topological polar surface area (TPSA) is 4.93 Å². The van der Waals surface area contributed by atoms with Gasteiger partial charge in [0.15, 0.2) is 0 Å². The van der Waals surface area contributed by atoms with Gasteiger partial charge in [0.05, 0.1) is 26.3 Å². The number of benzene rings is 2. The third-order valence-electron chi connectivity index (χ3n) is 6.39. The lowest BCUT2D eigenvalue weighted by atomic mass is 9.94. The van der Waals surface area contributed by atoms with Crippen molar-refractivity contribution < 1.29 is 0 Å². The molecule has 1 nitrogen and oxygen atoms in total. The molecular weight excluding hydrogens is 369 g/mol. The number of hydrogen-bond acceptors (Lipinski definition) is 0. The van der Waals surface area contributed by atoms with Gasteiger partial charge in [0.2, 0.25) is 0 Å². The van der Waals surface area contributed by atoms with E-state index in [0.29, 0.717) is 5.92 Å². The first-order chi connectivity index (χ1) is 13.8. The van der Waals surface area contributed by atoms with Crippen molar-refractivity contribution in [3.8, 4) is 5.69 Å². The highest BCUT2D eigenvalue weighted by molar-refractivity contribution is 7.88. The van der Waals surface area contributed by atoms with Gasteiger partial charge < -0.3 is 4.57 Å². The molecule has 0 aliphatic heterocycles. The molecule has 0 spiro atoms. The van der Waals surface area contributed by atoms with Gasteiger partial charge in [-0.05, 0) is 68.1 Å². The number of allylic oxidation sites excluding steroid dienone is 4. The summed E-state index contributed by atoms with van der Waals surface area (Å²) in [5.41, 5.74) is 8.43. The van der Waals surface area contributed by atoms with E-state index in [1.54, 1.807) is 10.6 Å². The lowest BCUT2D eigenvalue weighted by Gasteiger charge is -2.28. The van der Waals surface area contributed by atoms with Crippen molar-refractivity contribution in [2.45, 2.75) is 33.6 Å². The van der Waals surface area contributed by atoms with Gasteiger partial charge in [-0.1, -0.05) is 42.5 Å². The summed E-state index contributed by atoms with van der Waals surface area (Å²) in [4.78, 5) is 0. The second kappa shape index (κ2) is 7.47. The molecule has 148 valence electrons. The Hall–Kier alpha value is -2.37. The van der Waals surface area contributed by atoms with E-state index in [1.165, 1.54) is 33.5 Å². The van der Waals surface area contributed by atoms with Gasteiger partial charge in [0.25, 0.3) is 0 Å². The maximum Gasteiger partial charge on any atom is 0.106 e. The van der Waals surface area contributed by atoms with Crippen LogP contribution in [0.2, 0.25) is 0 Å². The quantitative estimate of drug-likeness (QED) is 0.463. The molecule has 0 unspecified atom stereocenters. The van der Waals surface area contributed by atoms with Gasteiger partial charge in [0.1, 0.15) is 10.6 Å². The van der Waals surface area contributed by atoms with Crippen molar-refractivity contribution in [2.75, 3.05) is 13.3 Å². The van der Waals surface area contributed by atoms with Crippen molar-refractivity contribution in [3.63, 3.8) is 0 Å². The second-order valence-corrected chi connectivity index (χ2v) is 12.5. The Morgan fingerprint density at radius 2 is 1.28 bits per heavy atom. The standard InChI is InChI=1S/C27H31NP/c1-19-13-15-24(23-11-7-8-12-23)21(3)26(19)29(5,6)27-20(2)14-16-25(22(27)4)28-17-9-10-18-28/h7-18,23H,1-6H3/q+1. The van der Waals surface area contributed by atoms with Crippen LogP contribution in [-0.2, 0) is 0 Å². The maximum absolute atomic E-state index is 2.50. The smallest absolute Gasteiger partial charge is 0.106 e. The van der Waals surface area contributed by atoms with Gasteiger partial charge >= 0.3 is 0 Å². The fourth-order valence-corrected chi connectivity index (χ4v) is 9.34. The minimum atomic E-state index is -1.56. The zero-order valence-corrected chi connectivity index (χ0v) is 19.3. The summed E-state index contributed by atoms with van der Waals surface area (Å²) in [5, 5.41) is 3.11. The molecule has 29 heavy (non-hydrogen) atoms. The highest BCUT2D eigenvalue weighted by atomic mass is 31.2. The number of nitrogens with zero attached hydrogens (tertiary/aromatic N) is 1. The molecule has 0 saturated heterocycles. The van der Waals surface area contributed by atoms with E-state index in [1.807, 2.05) is 0 Å². The Morgan fingerprint density at radius 1 is 0.724 bits per heavy atom. The van der Waals surface area contributed by atoms with Crippen molar-refractivity contribution in [1.29, 1.82) is 0 Å². The van der Waals surface area contributed by atoms with E-state index in [-0.39, 0.29) is 0 Å². The van der Waals surface area contributed by atoms with Crippen LogP contribution in [0.1, 0.15) is 33.7 Å². The van der Waals surface area contributed by atoms with E-state index in [2.05, 4.69) is 119 Å². The van der Waals surface area contributed by atoms with Crippen LogP contribution in [0.5, 0.6) is 0 Å². The molecule has 4 rings (SSSR count). The Kier molecular flexibility index (Phi) is 5.13. The molecule has 3 aromatic rings. The van der Waals surface area contributed by atoms with Gasteiger partial charge in [-0.25, -0.2) is 0 Å². The molecule has 0 amide bonds. The molecule has 1 aliphatic carbocycles. The van der Waals surface area contributed by atoms with Crippen LogP contribution >= 0.6 is 7.26 Å². The first-order valence-corrected chi connectivity index (χ1v) is 13.0. The highest BCUT2D eigenvalue weighted by Crippen LogP contribution is 2.53. The molecule has 0 atom stereocenters. The highest BCUT2D eigenvalue weighted by Gasteiger charge is 2.39. The maximum atomic E-state index is 2.50.